The van der Waals surface area contributed by atoms with Gasteiger partial charge in [0.15, 0.2) is 0 Å². The predicted molar refractivity (Wildman–Crippen MR) is 94.0 cm³/mol. The van der Waals surface area contributed by atoms with Gasteiger partial charge in [-0.2, -0.15) is 4.31 Å². The lowest BCUT2D eigenvalue weighted by Gasteiger charge is -2.34. The second kappa shape index (κ2) is 6.81. The minimum atomic E-state index is -3.68. The van der Waals surface area contributed by atoms with E-state index in [0.29, 0.717) is 25.2 Å². The molecule has 1 atom stereocenters. The Bertz CT molecular complexity index is 910. The van der Waals surface area contributed by atoms with Gasteiger partial charge in [-0.05, 0) is 37.0 Å². The minimum Gasteiger partial charge on any atom is -0.352 e. The van der Waals surface area contributed by atoms with E-state index in [1.807, 2.05) is 0 Å². The maximum absolute atomic E-state index is 13.3. The van der Waals surface area contributed by atoms with E-state index in [4.69, 9.17) is 0 Å². The number of sulfonamides is 1. The number of rotatable bonds is 4. The van der Waals surface area contributed by atoms with E-state index in [9.17, 15) is 13.2 Å². The Morgan fingerprint density at radius 1 is 1.27 bits per heavy atom. The van der Waals surface area contributed by atoms with E-state index in [0.717, 1.165) is 31.2 Å². The van der Waals surface area contributed by atoms with Gasteiger partial charge in [0.1, 0.15) is 0 Å². The fourth-order valence-electron chi connectivity index (χ4n) is 3.71. The van der Waals surface area contributed by atoms with Crippen LogP contribution < -0.4 is 5.32 Å². The van der Waals surface area contributed by atoms with E-state index in [2.05, 4.69) is 15.6 Å². The Kier molecular flexibility index (Phi) is 4.49. The highest BCUT2D eigenvalue weighted by Gasteiger charge is 2.34. The second-order valence-electron chi connectivity index (χ2n) is 6.72. The summed E-state index contributed by atoms with van der Waals surface area (Å²) in [7, 11) is -3.68. The van der Waals surface area contributed by atoms with Crippen molar-refractivity contribution in [3.05, 3.63) is 41.7 Å². The zero-order valence-corrected chi connectivity index (χ0v) is 15.2. The molecule has 9 heteroatoms. The van der Waals surface area contributed by atoms with Crippen LogP contribution in [0.2, 0.25) is 0 Å². The molecule has 1 aromatic heterocycles. The Balaban J connectivity index is 1.66. The van der Waals surface area contributed by atoms with Gasteiger partial charge in [0.25, 0.3) is 5.91 Å². The van der Waals surface area contributed by atoms with Crippen LogP contribution in [0.4, 0.5) is 0 Å². The zero-order valence-electron chi connectivity index (χ0n) is 14.3. The second-order valence-corrected chi connectivity index (χ2v) is 8.61. The van der Waals surface area contributed by atoms with E-state index in [1.165, 1.54) is 6.07 Å². The van der Waals surface area contributed by atoms with E-state index in [-0.39, 0.29) is 16.8 Å². The van der Waals surface area contributed by atoms with Gasteiger partial charge in [0.2, 0.25) is 10.0 Å². The lowest BCUT2D eigenvalue weighted by molar-refractivity contribution is 0.0945. The van der Waals surface area contributed by atoms with Crippen molar-refractivity contribution in [2.24, 2.45) is 0 Å². The van der Waals surface area contributed by atoms with Crippen molar-refractivity contribution >= 4 is 15.9 Å². The fraction of sp³-hybridized carbons (Fsp3) is 0.471. The topological polar surface area (TPSA) is 97.2 Å². The molecule has 1 N–H and O–H groups in total. The molecule has 138 valence electrons. The van der Waals surface area contributed by atoms with E-state index >= 15 is 0 Å². The molecule has 2 aliphatic rings. The van der Waals surface area contributed by atoms with Gasteiger partial charge in [-0.3, -0.25) is 9.48 Å². The third-order valence-corrected chi connectivity index (χ3v) is 7.00. The van der Waals surface area contributed by atoms with Gasteiger partial charge in [-0.25, -0.2) is 8.42 Å². The Morgan fingerprint density at radius 3 is 2.96 bits per heavy atom. The highest BCUT2D eigenvalue weighted by Crippen LogP contribution is 2.28. The summed E-state index contributed by atoms with van der Waals surface area (Å²) in [4.78, 5) is 12.3. The molecule has 2 aromatic rings. The van der Waals surface area contributed by atoms with Gasteiger partial charge in [0, 0.05) is 30.9 Å². The van der Waals surface area contributed by atoms with Crippen molar-refractivity contribution in [2.75, 3.05) is 13.1 Å². The summed E-state index contributed by atoms with van der Waals surface area (Å²) < 4.78 is 29.8. The molecule has 1 amide bonds. The van der Waals surface area contributed by atoms with Gasteiger partial charge in [0.05, 0.1) is 17.6 Å². The first-order chi connectivity index (χ1) is 12.6. The number of hydrogen-bond donors (Lipinski definition) is 1. The maximum Gasteiger partial charge on any atom is 0.251 e. The number of hydrogen-bond acceptors (Lipinski definition) is 5. The van der Waals surface area contributed by atoms with Crippen LogP contribution in [0.1, 0.15) is 35.2 Å². The maximum atomic E-state index is 13.3. The number of aromatic nitrogens is 3. The first kappa shape index (κ1) is 17.2. The quantitative estimate of drug-likeness (QED) is 0.853. The van der Waals surface area contributed by atoms with Crippen molar-refractivity contribution in [2.45, 2.75) is 43.2 Å². The average Bonchev–Trinajstić information content (AvgIpc) is 3.15. The summed E-state index contributed by atoms with van der Waals surface area (Å²) in [6, 6.07) is 4.73. The summed E-state index contributed by atoms with van der Waals surface area (Å²) in [5, 5.41) is 10.5. The summed E-state index contributed by atoms with van der Waals surface area (Å²) in [5.74, 6) is -0.207. The van der Waals surface area contributed by atoms with Crippen LogP contribution in [-0.2, 0) is 23.0 Å². The Hall–Kier alpha value is -2.26. The molecule has 0 aliphatic carbocycles. The smallest absolute Gasteiger partial charge is 0.251 e. The molecule has 26 heavy (non-hydrogen) atoms. The van der Waals surface area contributed by atoms with Crippen LogP contribution in [0, 0.1) is 0 Å². The molecule has 0 spiro atoms. The lowest BCUT2D eigenvalue weighted by atomic mass is 10.0. The van der Waals surface area contributed by atoms with Crippen molar-refractivity contribution in [3.8, 4) is 0 Å². The first-order valence-corrected chi connectivity index (χ1v) is 10.3. The molecule has 0 saturated carbocycles. The van der Waals surface area contributed by atoms with E-state index < -0.39 is 10.0 Å². The molecule has 0 unspecified atom stereocenters. The molecule has 1 fully saturated rings. The SMILES string of the molecule is O=C1NCCc2ccc(S(=O)(=O)N3CCCC[C@H]3Cn3ccnn3)cc21. The van der Waals surface area contributed by atoms with Crippen molar-refractivity contribution < 1.29 is 13.2 Å². The molecular weight excluding hydrogens is 354 g/mol. The third kappa shape index (κ3) is 3.12. The molecule has 0 radical (unpaired) electrons. The van der Waals surface area contributed by atoms with Gasteiger partial charge in [-0.15, -0.1) is 5.10 Å². The van der Waals surface area contributed by atoms with Crippen LogP contribution in [0.5, 0.6) is 0 Å². The third-order valence-electron chi connectivity index (χ3n) is 5.06. The van der Waals surface area contributed by atoms with Gasteiger partial charge < -0.3 is 5.32 Å². The van der Waals surface area contributed by atoms with Crippen LogP contribution >= 0.6 is 0 Å². The molecule has 3 heterocycles. The Labute approximate surface area is 152 Å². The number of benzene rings is 1. The standard InChI is InChI=1S/C17H21N5O3S/c23-17-16-11-15(5-4-13(16)6-7-18-17)26(24,25)22-9-2-1-3-14(22)12-21-10-8-19-20-21/h4-5,8,10-11,14H,1-3,6-7,9,12H2,(H,18,23)/t14-/m0/s1. The molecule has 1 saturated heterocycles. The lowest BCUT2D eigenvalue weighted by Crippen LogP contribution is -2.46. The molecule has 1 aromatic carbocycles. The summed E-state index contributed by atoms with van der Waals surface area (Å²) in [6.45, 7) is 1.54. The molecule has 8 nitrogen and oxygen atoms in total. The number of nitrogens with zero attached hydrogens (tertiary/aromatic N) is 4. The molecular formula is C17H21N5O3S. The summed E-state index contributed by atoms with van der Waals surface area (Å²) >= 11 is 0. The largest absolute Gasteiger partial charge is 0.352 e. The van der Waals surface area contributed by atoms with Gasteiger partial charge in [-0.1, -0.05) is 17.7 Å². The number of amides is 1. The monoisotopic (exact) mass is 375 g/mol. The van der Waals surface area contributed by atoms with Crippen molar-refractivity contribution in [1.29, 1.82) is 0 Å². The fourth-order valence-corrected chi connectivity index (χ4v) is 5.42. The Morgan fingerprint density at radius 2 is 2.15 bits per heavy atom. The van der Waals surface area contributed by atoms with Crippen LogP contribution in [0.15, 0.2) is 35.5 Å². The molecule has 4 rings (SSSR count). The summed E-state index contributed by atoms with van der Waals surface area (Å²) in [5.41, 5.74) is 1.35. The molecule has 0 bridgehead atoms. The zero-order chi connectivity index (χ0) is 18.1. The number of carbonyl (C=O) groups excluding carboxylic acids is 1. The number of nitrogens with one attached hydrogen (secondary N) is 1. The predicted octanol–water partition coefficient (Wildman–Crippen LogP) is 0.807. The summed E-state index contributed by atoms with van der Waals surface area (Å²) in [6.07, 6.45) is 6.65. The number of piperidine rings is 1. The highest BCUT2D eigenvalue weighted by atomic mass is 32.2. The average molecular weight is 375 g/mol. The number of carbonyl (C=O) groups is 1. The van der Waals surface area contributed by atoms with Gasteiger partial charge >= 0.3 is 0 Å². The molecule has 2 aliphatic heterocycles. The van der Waals surface area contributed by atoms with Crippen molar-refractivity contribution in [1.82, 2.24) is 24.6 Å². The first-order valence-electron chi connectivity index (χ1n) is 8.83. The van der Waals surface area contributed by atoms with Crippen LogP contribution in [0.25, 0.3) is 0 Å². The van der Waals surface area contributed by atoms with Crippen LogP contribution in [0.3, 0.4) is 0 Å². The normalized spacial score (nSPS) is 21.2. The van der Waals surface area contributed by atoms with Crippen LogP contribution in [-0.4, -0.2) is 52.8 Å². The van der Waals surface area contributed by atoms with Crippen molar-refractivity contribution in [3.63, 3.8) is 0 Å². The minimum absolute atomic E-state index is 0.166. The highest BCUT2D eigenvalue weighted by molar-refractivity contribution is 7.89. The number of fused-ring (bicyclic) bond motifs is 1. The van der Waals surface area contributed by atoms with E-state index in [1.54, 1.807) is 33.5 Å².